The minimum atomic E-state index is 0.292. The number of likely N-dealkylation sites (tertiary alicyclic amines) is 1. The monoisotopic (exact) mass is 212 g/mol. The number of rotatable bonds is 0. The molecule has 1 rings (SSSR count). The Bertz CT molecular complexity index is 190. The average Bonchev–Trinajstić information content (AvgIpc) is 2.04. The fraction of sp³-hybridized carbons (Fsp3) is 1.00. The van der Waals surface area contributed by atoms with Crippen molar-refractivity contribution in [3.8, 4) is 0 Å². The first-order valence-corrected chi connectivity index (χ1v) is 6.09. The topological polar surface area (TPSA) is 0 Å². The lowest BCUT2D eigenvalue weighted by atomic mass is 9.57. The first-order chi connectivity index (χ1) is 6.25. The molecule has 1 aliphatic heterocycles. The Morgan fingerprint density at radius 1 is 0.533 bits per heavy atom. The van der Waals surface area contributed by atoms with Crippen LogP contribution in [-0.4, -0.2) is 29.7 Å². The zero-order valence-electron chi connectivity index (χ0n) is 12.4. The Morgan fingerprint density at radius 2 is 0.733 bits per heavy atom. The zero-order chi connectivity index (χ0) is 12.5. The molecule has 0 saturated carbocycles. The van der Waals surface area contributed by atoms with Gasteiger partial charge < -0.3 is 4.48 Å². The number of hydrogen-bond donors (Lipinski definition) is 0. The fourth-order valence-corrected chi connectivity index (χ4v) is 3.63. The lowest BCUT2D eigenvalue weighted by molar-refractivity contribution is -0.973. The average molecular weight is 212 g/mol. The molecule has 1 heterocycles. The number of nitrogens with zero attached hydrogens (tertiary/aromatic N) is 1. The lowest BCUT2D eigenvalue weighted by Gasteiger charge is -2.50. The highest BCUT2D eigenvalue weighted by Crippen LogP contribution is 2.66. The van der Waals surface area contributed by atoms with Crippen molar-refractivity contribution >= 4 is 0 Å². The molecule has 0 atom stereocenters. The van der Waals surface area contributed by atoms with Crippen LogP contribution in [0.4, 0.5) is 0 Å². The minimum absolute atomic E-state index is 0.292. The molecule has 0 aromatic rings. The van der Waals surface area contributed by atoms with Crippen LogP contribution in [0, 0.1) is 10.8 Å². The van der Waals surface area contributed by atoms with Gasteiger partial charge in [-0.2, -0.15) is 0 Å². The molecule has 15 heavy (non-hydrogen) atoms. The van der Waals surface area contributed by atoms with E-state index in [0.29, 0.717) is 21.9 Å². The van der Waals surface area contributed by atoms with Gasteiger partial charge in [-0.05, 0) is 27.7 Å². The van der Waals surface area contributed by atoms with Crippen molar-refractivity contribution in [2.45, 2.75) is 66.5 Å². The van der Waals surface area contributed by atoms with Gasteiger partial charge in [-0.3, -0.25) is 0 Å². The van der Waals surface area contributed by atoms with E-state index in [4.69, 9.17) is 0 Å². The summed E-state index contributed by atoms with van der Waals surface area (Å²) in [6.45, 7) is 19.4. The van der Waals surface area contributed by atoms with Crippen molar-refractivity contribution in [2.24, 2.45) is 10.8 Å². The highest BCUT2D eigenvalue weighted by Gasteiger charge is 2.73. The Morgan fingerprint density at radius 3 is 0.800 bits per heavy atom. The quantitative estimate of drug-likeness (QED) is 0.537. The summed E-state index contributed by atoms with van der Waals surface area (Å²) in [6, 6.07) is 0. The summed E-state index contributed by atoms with van der Waals surface area (Å²) in [5.41, 5.74) is 1.24. The van der Waals surface area contributed by atoms with Crippen LogP contribution in [0.15, 0.2) is 0 Å². The lowest BCUT2D eigenvalue weighted by Crippen LogP contribution is -2.63. The van der Waals surface area contributed by atoms with Crippen LogP contribution in [0.25, 0.3) is 0 Å². The third-order valence-electron chi connectivity index (χ3n) is 7.42. The van der Waals surface area contributed by atoms with Gasteiger partial charge in [0.15, 0.2) is 0 Å². The maximum absolute atomic E-state index is 2.43. The van der Waals surface area contributed by atoms with E-state index in [1.54, 1.807) is 0 Å². The molecule has 1 fully saturated rings. The molecule has 0 radical (unpaired) electrons. The maximum atomic E-state index is 2.43. The van der Waals surface area contributed by atoms with E-state index in [1.807, 2.05) is 0 Å². The molecule has 1 aliphatic rings. The van der Waals surface area contributed by atoms with Gasteiger partial charge in [0, 0.05) is 10.8 Å². The van der Waals surface area contributed by atoms with Crippen molar-refractivity contribution in [2.75, 3.05) is 14.1 Å². The molecule has 1 nitrogen and oxygen atoms in total. The number of quaternary nitrogens is 1. The standard InChI is InChI=1S/C14H30N/c1-11(2)12(3,4)14(7,8)15(9,10)13(11,5)6/h1-10H3/q+1. The predicted octanol–water partition coefficient (Wildman–Crippen LogP) is 3.69. The second-order valence-electron chi connectivity index (χ2n) is 7.82. The summed E-state index contributed by atoms with van der Waals surface area (Å²) in [5.74, 6) is 0. The molecule has 0 aliphatic carbocycles. The molecule has 90 valence electrons. The third-order valence-corrected chi connectivity index (χ3v) is 7.42. The van der Waals surface area contributed by atoms with Crippen LogP contribution in [-0.2, 0) is 0 Å². The summed E-state index contributed by atoms with van der Waals surface area (Å²) >= 11 is 0. The first kappa shape index (κ1) is 13.0. The highest BCUT2D eigenvalue weighted by molar-refractivity contribution is 5.11. The molecule has 1 saturated heterocycles. The Hall–Kier alpha value is -0.0400. The maximum Gasteiger partial charge on any atom is 0.0994 e. The summed E-state index contributed by atoms with van der Waals surface area (Å²) in [4.78, 5) is 0. The summed E-state index contributed by atoms with van der Waals surface area (Å²) in [7, 11) is 4.77. The van der Waals surface area contributed by atoms with Gasteiger partial charge in [-0.25, -0.2) is 0 Å². The van der Waals surface area contributed by atoms with Gasteiger partial charge in [0.05, 0.1) is 25.2 Å². The Labute approximate surface area is 96.4 Å². The Kier molecular flexibility index (Phi) is 2.27. The Balaban J connectivity index is 3.55. The van der Waals surface area contributed by atoms with E-state index in [-0.39, 0.29) is 0 Å². The SMILES string of the molecule is CC1(C)C(C)(C)C(C)(C)[N+](C)(C)C1(C)C. The van der Waals surface area contributed by atoms with Gasteiger partial charge >= 0.3 is 0 Å². The molecule has 0 aromatic heterocycles. The van der Waals surface area contributed by atoms with Crippen LogP contribution in [0.5, 0.6) is 0 Å². The largest absolute Gasteiger partial charge is 0.319 e. The summed E-state index contributed by atoms with van der Waals surface area (Å²) in [6.07, 6.45) is 0. The predicted molar refractivity (Wildman–Crippen MR) is 67.8 cm³/mol. The van der Waals surface area contributed by atoms with Gasteiger partial charge in [0.25, 0.3) is 0 Å². The van der Waals surface area contributed by atoms with E-state index in [2.05, 4.69) is 69.5 Å². The minimum Gasteiger partial charge on any atom is -0.319 e. The van der Waals surface area contributed by atoms with Crippen LogP contribution in [0.2, 0.25) is 0 Å². The van der Waals surface area contributed by atoms with Crippen LogP contribution in [0.3, 0.4) is 0 Å². The van der Waals surface area contributed by atoms with Crippen molar-refractivity contribution in [1.29, 1.82) is 0 Å². The van der Waals surface area contributed by atoms with E-state index in [0.717, 1.165) is 4.48 Å². The van der Waals surface area contributed by atoms with Crippen molar-refractivity contribution in [3.63, 3.8) is 0 Å². The smallest absolute Gasteiger partial charge is 0.0994 e. The van der Waals surface area contributed by atoms with Crippen LogP contribution < -0.4 is 0 Å². The third kappa shape index (κ3) is 0.988. The van der Waals surface area contributed by atoms with Crippen molar-refractivity contribution < 1.29 is 4.48 Å². The molecule has 0 aromatic carbocycles. The molecule has 1 heteroatoms. The van der Waals surface area contributed by atoms with Crippen molar-refractivity contribution in [3.05, 3.63) is 0 Å². The number of hydrogen-bond acceptors (Lipinski definition) is 0. The van der Waals surface area contributed by atoms with Crippen LogP contribution in [0.1, 0.15) is 55.4 Å². The van der Waals surface area contributed by atoms with Gasteiger partial charge in [-0.1, -0.05) is 27.7 Å². The zero-order valence-corrected chi connectivity index (χ0v) is 12.4. The summed E-state index contributed by atoms with van der Waals surface area (Å²) < 4.78 is 1.08. The van der Waals surface area contributed by atoms with Gasteiger partial charge in [0.2, 0.25) is 0 Å². The second-order valence-corrected chi connectivity index (χ2v) is 7.82. The highest BCUT2D eigenvalue weighted by atomic mass is 15.5. The fourth-order valence-electron chi connectivity index (χ4n) is 3.63. The van der Waals surface area contributed by atoms with E-state index >= 15 is 0 Å². The molecule has 0 amide bonds. The summed E-state index contributed by atoms with van der Waals surface area (Å²) in [5, 5.41) is 0. The van der Waals surface area contributed by atoms with E-state index < -0.39 is 0 Å². The van der Waals surface area contributed by atoms with E-state index in [9.17, 15) is 0 Å². The molecular weight excluding hydrogens is 182 g/mol. The molecule has 0 bridgehead atoms. The molecular formula is C14H30N+. The second kappa shape index (κ2) is 2.61. The first-order valence-electron chi connectivity index (χ1n) is 6.09. The normalized spacial score (nSPS) is 34.0. The van der Waals surface area contributed by atoms with E-state index in [1.165, 1.54) is 0 Å². The van der Waals surface area contributed by atoms with Crippen LogP contribution >= 0.6 is 0 Å². The molecule has 0 N–H and O–H groups in total. The van der Waals surface area contributed by atoms with Gasteiger partial charge in [-0.15, -0.1) is 0 Å². The molecule has 0 spiro atoms. The molecule has 0 unspecified atom stereocenters. The van der Waals surface area contributed by atoms with Gasteiger partial charge in [0.1, 0.15) is 0 Å². The van der Waals surface area contributed by atoms with Crippen molar-refractivity contribution in [1.82, 2.24) is 0 Å².